The van der Waals surface area contributed by atoms with E-state index in [2.05, 4.69) is 15.5 Å². The monoisotopic (exact) mass is 498 g/mol. The second-order valence-corrected chi connectivity index (χ2v) is 9.40. The molecule has 10 nitrogen and oxygen atoms in total. The summed E-state index contributed by atoms with van der Waals surface area (Å²) in [6.07, 6.45) is -1.30. The van der Waals surface area contributed by atoms with Gasteiger partial charge in [0.1, 0.15) is 18.8 Å². The van der Waals surface area contributed by atoms with Crippen LogP contribution in [0.3, 0.4) is 0 Å². The number of carbonyl (C=O) groups excluding carboxylic acids is 2. The Labute approximate surface area is 208 Å². The maximum atomic E-state index is 13.5. The molecule has 0 spiro atoms. The van der Waals surface area contributed by atoms with E-state index in [0.29, 0.717) is 36.7 Å². The Kier molecular flexibility index (Phi) is 7.80. The number of halogens is 1. The molecule has 0 saturated carbocycles. The molecule has 1 aromatic carbocycles. The summed E-state index contributed by atoms with van der Waals surface area (Å²) in [5.41, 5.74) is 6.97. The Bertz CT molecular complexity index is 1200. The highest BCUT2D eigenvalue weighted by atomic mass is 19.1. The lowest BCUT2D eigenvalue weighted by Gasteiger charge is -2.24. The molecule has 0 unspecified atom stereocenters. The van der Waals surface area contributed by atoms with Crippen LogP contribution in [0.5, 0.6) is 0 Å². The molecule has 192 valence electrons. The van der Waals surface area contributed by atoms with Gasteiger partial charge in [-0.15, -0.1) is 10.2 Å². The molecule has 0 radical (unpaired) electrons. The van der Waals surface area contributed by atoms with Gasteiger partial charge in [-0.2, -0.15) is 0 Å². The molecule has 2 aromatic heterocycles. The maximum Gasteiger partial charge on any atom is 0.410 e. The van der Waals surface area contributed by atoms with E-state index < -0.39 is 23.8 Å². The second-order valence-electron chi connectivity index (χ2n) is 9.40. The van der Waals surface area contributed by atoms with E-state index in [9.17, 15) is 14.0 Å². The van der Waals surface area contributed by atoms with Crippen LogP contribution in [0.4, 0.5) is 9.18 Å². The van der Waals surface area contributed by atoms with Crippen LogP contribution in [0.25, 0.3) is 5.65 Å². The molecule has 2 atom stereocenters. The highest BCUT2D eigenvalue weighted by molar-refractivity contribution is 5.85. The average molecular weight is 499 g/mol. The quantitative estimate of drug-likeness (QED) is 0.465. The van der Waals surface area contributed by atoms with Crippen LogP contribution in [0.2, 0.25) is 0 Å². The van der Waals surface area contributed by atoms with Gasteiger partial charge in [0.05, 0.1) is 31.0 Å². The van der Waals surface area contributed by atoms with Gasteiger partial charge in [0.2, 0.25) is 5.91 Å². The van der Waals surface area contributed by atoms with Crippen LogP contribution in [0, 0.1) is 0 Å². The number of fused-ring (bicyclic) bond motifs is 1. The summed E-state index contributed by atoms with van der Waals surface area (Å²) in [6.45, 7) is 3.94. The number of rotatable bonds is 9. The molecular weight excluding hydrogens is 467 g/mol. The highest BCUT2D eigenvalue weighted by Gasteiger charge is 2.29. The second kappa shape index (κ2) is 11.0. The summed E-state index contributed by atoms with van der Waals surface area (Å²) in [4.78, 5) is 26.5. The van der Waals surface area contributed by atoms with Crippen LogP contribution < -0.4 is 11.1 Å². The summed E-state index contributed by atoms with van der Waals surface area (Å²) < 4.78 is 26.6. The zero-order valence-electron chi connectivity index (χ0n) is 20.4. The van der Waals surface area contributed by atoms with Crippen molar-refractivity contribution in [3.05, 3.63) is 65.6 Å². The van der Waals surface area contributed by atoms with Gasteiger partial charge in [-0.3, -0.25) is 9.20 Å². The van der Waals surface area contributed by atoms with Crippen LogP contribution >= 0.6 is 0 Å². The minimum atomic E-state index is -1.12. The summed E-state index contributed by atoms with van der Waals surface area (Å²) in [7, 11) is 0. The average Bonchev–Trinajstić information content (AvgIpc) is 3.48. The van der Waals surface area contributed by atoms with E-state index in [1.807, 2.05) is 30.3 Å². The molecule has 3 aromatic rings. The molecule has 4 rings (SSSR count). The van der Waals surface area contributed by atoms with Gasteiger partial charge in [-0.25, -0.2) is 9.18 Å². The molecule has 3 N–H and O–H groups in total. The summed E-state index contributed by atoms with van der Waals surface area (Å²) in [5.74, 6) is 0.0265. The van der Waals surface area contributed by atoms with Crippen molar-refractivity contribution in [1.29, 1.82) is 0 Å². The molecule has 11 heteroatoms. The number of likely N-dealkylation sites (tertiary alicyclic amines) is 1. The van der Waals surface area contributed by atoms with E-state index >= 15 is 0 Å². The molecule has 1 fully saturated rings. The fraction of sp³-hybridized carbons (Fsp3) is 0.440. The van der Waals surface area contributed by atoms with Crippen LogP contribution in [-0.4, -0.2) is 62.9 Å². The lowest BCUT2D eigenvalue weighted by Crippen LogP contribution is -2.51. The van der Waals surface area contributed by atoms with Crippen molar-refractivity contribution >= 4 is 17.6 Å². The molecular formula is C25H31FN6O4. The molecule has 1 aliphatic rings. The Morgan fingerprint density at radius 2 is 1.94 bits per heavy atom. The van der Waals surface area contributed by atoms with E-state index in [4.69, 9.17) is 15.2 Å². The number of alkyl halides is 1. The van der Waals surface area contributed by atoms with Gasteiger partial charge >= 0.3 is 6.09 Å². The van der Waals surface area contributed by atoms with Gasteiger partial charge in [-0.1, -0.05) is 36.4 Å². The van der Waals surface area contributed by atoms with Crippen molar-refractivity contribution in [3.63, 3.8) is 0 Å². The van der Waals surface area contributed by atoms with E-state index in [-0.39, 0.29) is 25.7 Å². The van der Waals surface area contributed by atoms with Crippen LogP contribution in [-0.2, 0) is 27.5 Å². The smallest absolute Gasteiger partial charge is 0.410 e. The van der Waals surface area contributed by atoms with Crippen LogP contribution in [0.15, 0.2) is 48.5 Å². The number of hydrogen-bond acceptors (Lipinski definition) is 7. The van der Waals surface area contributed by atoms with Crippen molar-refractivity contribution in [1.82, 2.24) is 24.8 Å². The number of nitrogens with one attached hydrogen (secondary N) is 1. The molecule has 36 heavy (non-hydrogen) atoms. The molecule has 1 saturated heterocycles. The zero-order valence-corrected chi connectivity index (χ0v) is 20.4. The summed E-state index contributed by atoms with van der Waals surface area (Å²) in [5, 5.41) is 11.4. The van der Waals surface area contributed by atoms with Crippen molar-refractivity contribution < 1.29 is 23.5 Å². The lowest BCUT2D eigenvalue weighted by molar-refractivity contribution is -0.126. The first kappa shape index (κ1) is 25.5. The van der Waals surface area contributed by atoms with E-state index in [0.717, 1.165) is 5.56 Å². The van der Waals surface area contributed by atoms with Crippen molar-refractivity contribution in [3.8, 4) is 0 Å². The Balaban J connectivity index is 1.55. The van der Waals surface area contributed by atoms with Gasteiger partial charge in [-0.05, 0) is 38.0 Å². The standard InChI is InChI=1S/C25H31FN6O4/c1-25(2,27)23(33)28-20(16-35-14-17-7-4-3-5-8-17)22-30-29-21-10-6-9-19(32(21)22)15-36-24(34)31-12-11-18(26)13-31/h3-10,18,20H,11-16,27H2,1-2H3,(H,28,33)/t18-,20+/m0/s1. The van der Waals surface area contributed by atoms with Crippen molar-refractivity contribution in [2.24, 2.45) is 5.73 Å². The normalized spacial score (nSPS) is 16.8. The van der Waals surface area contributed by atoms with E-state index in [1.165, 1.54) is 4.90 Å². The topological polar surface area (TPSA) is 124 Å². The summed E-state index contributed by atoms with van der Waals surface area (Å²) in [6, 6.07) is 14.3. The SMILES string of the molecule is CC(C)(N)C(=O)N[C@H](COCc1ccccc1)c1nnc2cccc(COC(=O)N3CC[C@H](F)C3)n12. The third kappa shape index (κ3) is 6.16. The zero-order chi connectivity index (χ0) is 25.7. The van der Waals surface area contributed by atoms with Crippen molar-refractivity contribution in [2.45, 2.75) is 51.2 Å². The first-order valence-corrected chi connectivity index (χ1v) is 11.8. The number of pyridine rings is 1. The molecule has 0 aliphatic carbocycles. The third-order valence-corrected chi connectivity index (χ3v) is 5.86. The molecule has 3 heterocycles. The summed E-state index contributed by atoms with van der Waals surface area (Å²) >= 11 is 0. The van der Waals surface area contributed by atoms with Crippen LogP contribution in [0.1, 0.15) is 43.4 Å². The number of ether oxygens (including phenoxy) is 2. The number of amides is 2. The Morgan fingerprint density at radius 3 is 2.64 bits per heavy atom. The maximum absolute atomic E-state index is 13.5. The number of nitrogens with zero attached hydrogens (tertiary/aromatic N) is 4. The minimum Gasteiger partial charge on any atom is -0.443 e. The first-order chi connectivity index (χ1) is 17.2. The third-order valence-electron chi connectivity index (χ3n) is 5.86. The number of aromatic nitrogens is 3. The predicted molar refractivity (Wildman–Crippen MR) is 130 cm³/mol. The Hall–Kier alpha value is -3.57. The number of nitrogens with two attached hydrogens (primary N) is 1. The number of benzene rings is 1. The fourth-order valence-electron chi connectivity index (χ4n) is 3.87. The van der Waals surface area contributed by atoms with Gasteiger partial charge in [0, 0.05) is 6.54 Å². The lowest BCUT2D eigenvalue weighted by atomic mass is 10.1. The molecule has 1 aliphatic heterocycles. The number of carbonyl (C=O) groups is 2. The van der Waals surface area contributed by atoms with Crippen molar-refractivity contribution in [2.75, 3.05) is 19.7 Å². The van der Waals surface area contributed by atoms with E-state index in [1.54, 1.807) is 36.4 Å². The first-order valence-electron chi connectivity index (χ1n) is 11.8. The minimum absolute atomic E-state index is 0.0304. The van der Waals surface area contributed by atoms with Gasteiger partial charge < -0.3 is 25.4 Å². The molecule has 0 bridgehead atoms. The van der Waals surface area contributed by atoms with Gasteiger partial charge in [0.25, 0.3) is 0 Å². The fourth-order valence-corrected chi connectivity index (χ4v) is 3.87. The van der Waals surface area contributed by atoms with Gasteiger partial charge in [0.15, 0.2) is 11.5 Å². The largest absolute Gasteiger partial charge is 0.443 e. The Morgan fingerprint density at radius 1 is 1.17 bits per heavy atom. The predicted octanol–water partition coefficient (Wildman–Crippen LogP) is 2.52. The highest BCUT2D eigenvalue weighted by Crippen LogP contribution is 2.19. The molecule has 2 amide bonds. The number of hydrogen-bond donors (Lipinski definition) is 2.